The topological polar surface area (TPSA) is 81.2 Å². The molecular weight excluding hydrogens is 289 g/mol. The first-order valence-electron chi connectivity index (χ1n) is 5.70. The zero-order valence-corrected chi connectivity index (χ0v) is 11.5. The molecule has 1 aromatic carbocycles. The summed E-state index contributed by atoms with van der Waals surface area (Å²) in [7, 11) is 0. The average Bonchev–Trinajstić information content (AvgIpc) is 2.78. The van der Waals surface area contributed by atoms with Gasteiger partial charge >= 0.3 is 0 Å². The summed E-state index contributed by atoms with van der Waals surface area (Å²) in [4.78, 5) is 0. The molecule has 7 heteroatoms. The van der Waals surface area contributed by atoms with E-state index in [4.69, 9.17) is 11.6 Å². The Labute approximate surface area is 121 Å². The Hall–Kier alpha value is -1.59. The van der Waals surface area contributed by atoms with Gasteiger partial charge in [0.15, 0.2) is 0 Å². The van der Waals surface area contributed by atoms with Crippen LogP contribution in [0.3, 0.4) is 0 Å². The minimum absolute atomic E-state index is 0. The lowest BCUT2D eigenvalue weighted by molar-refractivity contribution is 0.452. The molecule has 0 saturated carbocycles. The molecule has 0 spiro atoms. The number of hydrogen-bond acceptors (Lipinski definition) is 4. The van der Waals surface area contributed by atoms with Gasteiger partial charge in [-0.05, 0) is 18.9 Å². The number of phenols is 2. The van der Waals surface area contributed by atoms with E-state index >= 15 is 0 Å². The van der Waals surface area contributed by atoms with Crippen LogP contribution in [0.4, 0.5) is 5.69 Å². The van der Waals surface area contributed by atoms with Crippen LogP contribution in [0.5, 0.6) is 11.5 Å². The minimum atomic E-state index is -0.143. The molecule has 5 nitrogen and oxygen atoms in total. The zero-order valence-electron chi connectivity index (χ0n) is 9.90. The van der Waals surface area contributed by atoms with Gasteiger partial charge in [0, 0.05) is 18.2 Å². The quantitative estimate of drug-likeness (QED) is 0.653. The summed E-state index contributed by atoms with van der Waals surface area (Å²) in [6.07, 6.45) is 1.98. The Bertz CT molecular complexity index is 613. The molecule has 0 fully saturated rings. The number of H-pyrrole nitrogens is 1. The standard InChI is InChI=1S/C12H12ClN3O2.ClH/c13-7-4-6(9(17)5-10(7)18)11-12-8(15-16-11)2-1-3-14-12;/h4-5,14,17-18H,1-3H2,(H,15,16);1H. The first kappa shape index (κ1) is 13.8. The van der Waals surface area contributed by atoms with Gasteiger partial charge in [-0.15, -0.1) is 12.4 Å². The Morgan fingerprint density at radius 3 is 2.79 bits per heavy atom. The average molecular weight is 302 g/mol. The molecule has 102 valence electrons. The molecule has 0 radical (unpaired) electrons. The van der Waals surface area contributed by atoms with E-state index in [-0.39, 0.29) is 28.9 Å². The van der Waals surface area contributed by atoms with E-state index in [0.29, 0.717) is 11.3 Å². The van der Waals surface area contributed by atoms with Crippen LogP contribution in [-0.4, -0.2) is 27.0 Å². The second-order valence-electron chi connectivity index (χ2n) is 4.28. The van der Waals surface area contributed by atoms with Gasteiger partial charge in [-0.1, -0.05) is 11.6 Å². The molecular formula is C12H13Cl2N3O2. The van der Waals surface area contributed by atoms with E-state index in [0.717, 1.165) is 30.8 Å². The Morgan fingerprint density at radius 2 is 2.00 bits per heavy atom. The lowest BCUT2D eigenvalue weighted by atomic mass is 10.0. The first-order chi connectivity index (χ1) is 8.66. The van der Waals surface area contributed by atoms with Crippen molar-refractivity contribution in [2.24, 2.45) is 0 Å². The predicted molar refractivity (Wildman–Crippen MR) is 76.4 cm³/mol. The van der Waals surface area contributed by atoms with Gasteiger partial charge in [0.2, 0.25) is 0 Å². The summed E-state index contributed by atoms with van der Waals surface area (Å²) in [6, 6.07) is 2.74. The van der Waals surface area contributed by atoms with E-state index in [2.05, 4.69) is 15.5 Å². The van der Waals surface area contributed by atoms with Gasteiger partial charge in [-0.3, -0.25) is 5.10 Å². The summed E-state index contributed by atoms with van der Waals surface area (Å²) in [6.45, 7) is 0.881. The van der Waals surface area contributed by atoms with Crippen molar-refractivity contribution < 1.29 is 10.2 Å². The second-order valence-corrected chi connectivity index (χ2v) is 4.68. The number of nitrogens with zero attached hydrogens (tertiary/aromatic N) is 1. The third kappa shape index (κ3) is 2.31. The van der Waals surface area contributed by atoms with Crippen LogP contribution in [-0.2, 0) is 6.42 Å². The molecule has 3 rings (SSSR count). The largest absolute Gasteiger partial charge is 0.507 e. The number of benzene rings is 1. The van der Waals surface area contributed by atoms with E-state index < -0.39 is 0 Å². The molecule has 0 saturated heterocycles. The van der Waals surface area contributed by atoms with Crippen LogP contribution in [0.15, 0.2) is 12.1 Å². The SMILES string of the molecule is Cl.Oc1cc(O)c(-c2n[nH]c3c2NCCC3)cc1Cl. The molecule has 0 amide bonds. The highest BCUT2D eigenvalue weighted by Gasteiger charge is 2.20. The molecule has 19 heavy (non-hydrogen) atoms. The second kappa shape index (κ2) is 5.19. The van der Waals surface area contributed by atoms with Gasteiger partial charge in [-0.25, -0.2) is 0 Å². The number of aromatic amines is 1. The molecule has 1 aliphatic rings. The van der Waals surface area contributed by atoms with Crippen LogP contribution in [0.1, 0.15) is 12.1 Å². The number of hydrogen-bond donors (Lipinski definition) is 4. The highest BCUT2D eigenvalue weighted by atomic mass is 35.5. The van der Waals surface area contributed by atoms with E-state index in [1.165, 1.54) is 12.1 Å². The lowest BCUT2D eigenvalue weighted by Crippen LogP contribution is -2.10. The Balaban J connectivity index is 0.00000133. The third-order valence-corrected chi connectivity index (χ3v) is 3.37. The monoisotopic (exact) mass is 301 g/mol. The van der Waals surface area contributed by atoms with Gasteiger partial charge in [0.25, 0.3) is 0 Å². The van der Waals surface area contributed by atoms with Crippen LogP contribution < -0.4 is 5.32 Å². The molecule has 1 aromatic heterocycles. The van der Waals surface area contributed by atoms with Gasteiger partial charge < -0.3 is 15.5 Å². The fourth-order valence-electron chi connectivity index (χ4n) is 2.16. The van der Waals surface area contributed by atoms with E-state index in [1.54, 1.807) is 0 Å². The number of fused-ring (bicyclic) bond motifs is 1. The molecule has 1 aliphatic heterocycles. The minimum Gasteiger partial charge on any atom is -0.507 e. The zero-order chi connectivity index (χ0) is 12.7. The smallest absolute Gasteiger partial charge is 0.137 e. The summed E-state index contributed by atoms with van der Waals surface area (Å²) in [5, 5.41) is 29.9. The van der Waals surface area contributed by atoms with Crippen molar-refractivity contribution in [1.82, 2.24) is 10.2 Å². The molecule has 2 heterocycles. The van der Waals surface area contributed by atoms with E-state index in [9.17, 15) is 10.2 Å². The summed E-state index contributed by atoms with van der Waals surface area (Å²) in [5.41, 5.74) is 3.06. The Morgan fingerprint density at radius 1 is 1.21 bits per heavy atom. The van der Waals surface area contributed by atoms with Gasteiger partial charge in [-0.2, -0.15) is 5.10 Å². The number of aromatic nitrogens is 2. The van der Waals surface area contributed by atoms with Crippen molar-refractivity contribution >= 4 is 29.7 Å². The number of halogens is 2. The maximum atomic E-state index is 9.89. The molecule has 4 N–H and O–H groups in total. The molecule has 0 unspecified atom stereocenters. The molecule has 2 aromatic rings. The number of nitrogens with one attached hydrogen (secondary N) is 2. The van der Waals surface area contributed by atoms with Crippen LogP contribution >= 0.6 is 24.0 Å². The number of aromatic hydroxyl groups is 2. The van der Waals surface area contributed by atoms with Crippen molar-refractivity contribution in [2.45, 2.75) is 12.8 Å². The maximum absolute atomic E-state index is 9.89. The highest BCUT2D eigenvalue weighted by molar-refractivity contribution is 6.32. The number of anilines is 1. The van der Waals surface area contributed by atoms with Gasteiger partial charge in [0.1, 0.15) is 17.2 Å². The van der Waals surface area contributed by atoms with E-state index in [1.807, 2.05) is 0 Å². The lowest BCUT2D eigenvalue weighted by Gasteiger charge is -2.14. The molecule has 0 aliphatic carbocycles. The van der Waals surface area contributed by atoms with Crippen molar-refractivity contribution in [3.63, 3.8) is 0 Å². The summed E-state index contributed by atoms with van der Waals surface area (Å²) in [5.74, 6) is -0.186. The van der Waals surface area contributed by atoms with Crippen molar-refractivity contribution in [3.8, 4) is 22.8 Å². The van der Waals surface area contributed by atoms with Crippen molar-refractivity contribution in [2.75, 3.05) is 11.9 Å². The maximum Gasteiger partial charge on any atom is 0.137 e. The van der Waals surface area contributed by atoms with Crippen LogP contribution in [0.25, 0.3) is 11.3 Å². The number of rotatable bonds is 1. The fourth-order valence-corrected chi connectivity index (χ4v) is 2.33. The van der Waals surface area contributed by atoms with Crippen LogP contribution in [0.2, 0.25) is 5.02 Å². The molecule has 0 atom stereocenters. The van der Waals surface area contributed by atoms with Gasteiger partial charge in [0.05, 0.1) is 16.4 Å². The third-order valence-electron chi connectivity index (χ3n) is 3.07. The first-order valence-corrected chi connectivity index (χ1v) is 6.07. The fraction of sp³-hybridized carbons (Fsp3) is 0.250. The number of aryl methyl sites for hydroxylation is 1. The summed E-state index contributed by atoms with van der Waals surface area (Å²) >= 11 is 5.87. The summed E-state index contributed by atoms with van der Waals surface area (Å²) < 4.78 is 0. The normalized spacial score (nSPS) is 13.3. The highest BCUT2D eigenvalue weighted by Crippen LogP contribution is 2.40. The molecule has 0 bridgehead atoms. The number of phenolic OH excluding ortho intramolecular Hbond substituents is 2. The Kier molecular flexibility index (Phi) is 3.78. The predicted octanol–water partition coefficient (Wildman–Crippen LogP) is 2.92. The van der Waals surface area contributed by atoms with Crippen molar-refractivity contribution in [3.05, 3.63) is 22.8 Å². The van der Waals surface area contributed by atoms with Crippen molar-refractivity contribution in [1.29, 1.82) is 0 Å². The van der Waals surface area contributed by atoms with Crippen LogP contribution in [0, 0.1) is 0 Å².